The highest BCUT2D eigenvalue weighted by atomic mass is 79.9. The fourth-order valence-electron chi connectivity index (χ4n) is 2.56. The van der Waals surface area contributed by atoms with Crippen molar-refractivity contribution in [2.45, 2.75) is 27.2 Å². The standard InChI is InChI=1S/C17H16BrF2N5/c1-9-4-10(2)6-12(5-9)22-17-21-8-13(18)16(23-17)25-11(3)7-14(24-25)15(19)20/h4-8,15H,1-3H3,(H,21,22,23). The third-order valence-electron chi connectivity index (χ3n) is 3.53. The van der Waals surface area contributed by atoms with E-state index in [-0.39, 0.29) is 5.69 Å². The Bertz CT molecular complexity index is 903. The van der Waals surface area contributed by atoms with E-state index in [0.717, 1.165) is 16.8 Å². The summed E-state index contributed by atoms with van der Waals surface area (Å²) in [5.41, 5.74) is 3.36. The van der Waals surface area contributed by atoms with E-state index in [1.807, 2.05) is 26.0 Å². The molecule has 0 bridgehead atoms. The van der Waals surface area contributed by atoms with Gasteiger partial charge in [-0.25, -0.2) is 18.4 Å². The summed E-state index contributed by atoms with van der Waals surface area (Å²) in [6.45, 7) is 5.71. The van der Waals surface area contributed by atoms with Crippen LogP contribution in [0.4, 0.5) is 20.4 Å². The van der Waals surface area contributed by atoms with Gasteiger partial charge in [-0.1, -0.05) is 6.07 Å². The number of halogens is 3. The summed E-state index contributed by atoms with van der Waals surface area (Å²) in [7, 11) is 0. The molecule has 5 nitrogen and oxygen atoms in total. The van der Waals surface area contributed by atoms with Crippen LogP contribution >= 0.6 is 15.9 Å². The predicted molar refractivity (Wildman–Crippen MR) is 95.7 cm³/mol. The van der Waals surface area contributed by atoms with Crippen LogP contribution in [-0.4, -0.2) is 19.7 Å². The topological polar surface area (TPSA) is 55.6 Å². The normalized spacial score (nSPS) is 11.2. The lowest BCUT2D eigenvalue weighted by atomic mass is 10.1. The van der Waals surface area contributed by atoms with Crippen molar-refractivity contribution < 1.29 is 8.78 Å². The third kappa shape index (κ3) is 3.84. The van der Waals surface area contributed by atoms with Gasteiger partial charge < -0.3 is 5.32 Å². The molecule has 0 amide bonds. The fourth-order valence-corrected chi connectivity index (χ4v) is 2.92. The highest BCUT2D eigenvalue weighted by molar-refractivity contribution is 9.10. The van der Waals surface area contributed by atoms with Crippen molar-refractivity contribution in [2.75, 3.05) is 5.32 Å². The van der Waals surface area contributed by atoms with E-state index >= 15 is 0 Å². The Hall–Kier alpha value is -2.35. The highest BCUT2D eigenvalue weighted by Gasteiger charge is 2.17. The molecule has 130 valence electrons. The third-order valence-corrected chi connectivity index (χ3v) is 4.09. The summed E-state index contributed by atoms with van der Waals surface area (Å²) in [4.78, 5) is 8.65. The molecular weight excluding hydrogens is 392 g/mol. The van der Waals surface area contributed by atoms with E-state index in [1.165, 1.54) is 10.7 Å². The van der Waals surface area contributed by atoms with Crippen molar-refractivity contribution in [3.05, 3.63) is 57.4 Å². The lowest BCUT2D eigenvalue weighted by Gasteiger charge is -2.10. The molecule has 3 rings (SSSR count). The lowest BCUT2D eigenvalue weighted by molar-refractivity contribution is 0.145. The van der Waals surface area contributed by atoms with Crippen molar-refractivity contribution >= 4 is 27.6 Å². The molecule has 0 aliphatic carbocycles. The average molecular weight is 408 g/mol. The Morgan fingerprint density at radius 1 is 1.08 bits per heavy atom. The molecule has 0 spiro atoms. The number of rotatable bonds is 4. The van der Waals surface area contributed by atoms with Gasteiger partial charge in [-0.3, -0.25) is 0 Å². The lowest BCUT2D eigenvalue weighted by Crippen LogP contribution is -2.07. The van der Waals surface area contributed by atoms with Crippen LogP contribution in [0.15, 0.2) is 34.9 Å². The van der Waals surface area contributed by atoms with Gasteiger partial charge in [-0.15, -0.1) is 0 Å². The molecule has 0 unspecified atom stereocenters. The average Bonchev–Trinajstić information content (AvgIpc) is 2.90. The van der Waals surface area contributed by atoms with Gasteiger partial charge in [0.15, 0.2) is 5.82 Å². The molecule has 25 heavy (non-hydrogen) atoms. The number of hydrogen-bond donors (Lipinski definition) is 1. The molecule has 1 aromatic carbocycles. The molecule has 3 aromatic rings. The quantitative estimate of drug-likeness (QED) is 0.658. The first-order valence-electron chi connectivity index (χ1n) is 7.56. The number of aryl methyl sites for hydroxylation is 3. The molecule has 2 heterocycles. The smallest absolute Gasteiger partial charge is 0.282 e. The van der Waals surface area contributed by atoms with Gasteiger partial charge in [0.25, 0.3) is 6.43 Å². The first kappa shape index (κ1) is 17.5. The van der Waals surface area contributed by atoms with Crippen LogP contribution < -0.4 is 5.32 Å². The molecule has 0 radical (unpaired) electrons. The summed E-state index contributed by atoms with van der Waals surface area (Å²) in [6.07, 6.45) is -1.07. The molecule has 8 heteroatoms. The summed E-state index contributed by atoms with van der Waals surface area (Å²) in [5.74, 6) is 0.753. The van der Waals surface area contributed by atoms with Crippen LogP contribution in [0.5, 0.6) is 0 Å². The van der Waals surface area contributed by atoms with Crippen LogP contribution in [-0.2, 0) is 0 Å². The first-order valence-corrected chi connectivity index (χ1v) is 8.36. The van der Waals surface area contributed by atoms with Crippen LogP contribution in [0, 0.1) is 20.8 Å². The van der Waals surface area contributed by atoms with Crippen LogP contribution in [0.1, 0.15) is 28.9 Å². The van der Waals surface area contributed by atoms with Crippen LogP contribution in [0.2, 0.25) is 0 Å². The van der Waals surface area contributed by atoms with Gasteiger partial charge in [-0.2, -0.15) is 10.1 Å². The second-order valence-electron chi connectivity index (χ2n) is 5.79. The Balaban J connectivity index is 1.98. The van der Waals surface area contributed by atoms with E-state index in [9.17, 15) is 8.78 Å². The Labute approximate surface area is 152 Å². The van der Waals surface area contributed by atoms with Crippen molar-refractivity contribution in [1.29, 1.82) is 0 Å². The van der Waals surface area contributed by atoms with Crippen LogP contribution in [0.25, 0.3) is 5.82 Å². The largest absolute Gasteiger partial charge is 0.324 e. The maximum atomic E-state index is 12.9. The molecule has 0 aliphatic rings. The number of hydrogen-bond acceptors (Lipinski definition) is 4. The zero-order valence-corrected chi connectivity index (χ0v) is 15.5. The zero-order chi connectivity index (χ0) is 18.1. The minimum atomic E-state index is -2.63. The second-order valence-corrected chi connectivity index (χ2v) is 6.64. The van der Waals surface area contributed by atoms with E-state index in [4.69, 9.17) is 0 Å². The molecule has 0 saturated carbocycles. The van der Waals surface area contributed by atoms with E-state index in [1.54, 1.807) is 13.1 Å². The molecule has 0 fully saturated rings. The first-order chi connectivity index (χ1) is 11.8. The number of benzene rings is 1. The molecule has 0 aliphatic heterocycles. The SMILES string of the molecule is Cc1cc(C)cc(Nc2ncc(Br)c(-n3nc(C(F)F)cc3C)n2)c1. The molecule has 0 atom stereocenters. The maximum Gasteiger partial charge on any atom is 0.282 e. The highest BCUT2D eigenvalue weighted by Crippen LogP contribution is 2.25. The number of alkyl halides is 2. The summed E-state index contributed by atoms with van der Waals surface area (Å²) in [6, 6.07) is 7.37. The van der Waals surface area contributed by atoms with E-state index in [0.29, 0.717) is 21.9 Å². The van der Waals surface area contributed by atoms with Gasteiger partial charge in [0, 0.05) is 17.6 Å². The number of anilines is 2. The van der Waals surface area contributed by atoms with Crippen molar-refractivity contribution in [2.24, 2.45) is 0 Å². The Morgan fingerprint density at radius 3 is 2.36 bits per heavy atom. The molecular formula is C17H16BrF2N5. The second kappa shape index (κ2) is 6.87. The van der Waals surface area contributed by atoms with Gasteiger partial charge in [0.05, 0.1) is 4.47 Å². The Morgan fingerprint density at radius 2 is 1.76 bits per heavy atom. The summed E-state index contributed by atoms with van der Waals surface area (Å²) in [5, 5.41) is 7.08. The van der Waals surface area contributed by atoms with Gasteiger partial charge in [-0.05, 0) is 66.0 Å². The number of nitrogens with zero attached hydrogens (tertiary/aromatic N) is 4. The summed E-state index contributed by atoms with van der Waals surface area (Å²) >= 11 is 3.36. The number of nitrogens with one attached hydrogen (secondary N) is 1. The predicted octanol–water partition coefficient (Wildman–Crippen LogP) is 5.03. The van der Waals surface area contributed by atoms with E-state index < -0.39 is 6.43 Å². The van der Waals surface area contributed by atoms with Crippen molar-refractivity contribution in [1.82, 2.24) is 19.7 Å². The maximum absolute atomic E-state index is 12.9. The molecule has 2 aromatic heterocycles. The van der Waals surface area contributed by atoms with Crippen molar-refractivity contribution in [3.63, 3.8) is 0 Å². The Kier molecular flexibility index (Phi) is 4.80. The molecule has 0 saturated heterocycles. The number of aromatic nitrogens is 4. The van der Waals surface area contributed by atoms with E-state index in [2.05, 4.69) is 42.4 Å². The summed E-state index contributed by atoms with van der Waals surface area (Å²) < 4.78 is 27.7. The zero-order valence-electron chi connectivity index (χ0n) is 13.9. The van der Waals surface area contributed by atoms with Crippen molar-refractivity contribution in [3.8, 4) is 5.82 Å². The monoisotopic (exact) mass is 407 g/mol. The minimum absolute atomic E-state index is 0.285. The van der Waals surface area contributed by atoms with Gasteiger partial charge in [0.1, 0.15) is 5.69 Å². The van der Waals surface area contributed by atoms with Gasteiger partial charge in [0.2, 0.25) is 5.95 Å². The van der Waals surface area contributed by atoms with Crippen LogP contribution in [0.3, 0.4) is 0 Å². The fraction of sp³-hybridized carbons (Fsp3) is 0.235. The molecule has 1 N–H and O–H groups in total. The van der Waals surface area contributed by atoms with Gasteiger partial charge >= 0.3 is 0 Å². The minimum Gasteiger partial charge on any atom is -0.324 e.